The Hall–Kier alpha value is -2.18. The zero-order valence-corrected chi connectivity index (χ0v) is 7.22. The van der Waals surface area contributed by atoms with E-state index in [1.807, 2.05) is 0 Å². The number of rotatable bonds is 2. The Kier molecular flexibility index (Phi) is 1.77. The van der Waals surface area contributed by atoms with Crippen LogP contribution in [0.4, 0.5) is 5.69 Å². The first kappa shape index (κ1) is 8.42. The molecule has 7 nitrogen and oxygen atoms in total. The lowest BCUT2D eigenvalue weighted by Gasteiger charge is -1.99. The molecule has 0 saturated carbocycles. The molecule has 0 amide bonds. The van der Waals surface area contributed by atoms with Crippen molar-refractivity contribution in [2.75, 3.05) is 7.11 Å². The first-order valence-electron chi connectivity index (χ1n) is 3.75. The van der Waals surface area contributed by atoms with Gasteiger partial charge in [-0.2, -0.15) is 10.1 Å². The van der Waals surface area contributed by atoms with E-state index in [1.165, 1.54) is 19.4 Å². The topological polar surface area (TPSA) is 93.9 Å². The predicted molar refractivity (Wildman–Crippen MR) is 47.1 cm³/mol. The second-order valence-electron chi connectivity index (χ2n) is 2.58. The largest absolute Gasteiger partial charge is 0.476 e. The molecule has 0 aliphatic carbocycles. The molecule has 72 valence electrons. The van der Waals surface area contributed by atoms with Gasteiger partial charge in [0.05, 0.1) is 18.2 Å². The Bertz CT molecular complexity index is 493. The Morgan fingerprint density at radius 1 is 1.64 bits per heavy atom. The molecule has 2 aromatic rings. The Morgan fingerprint density at radius 2 is 2.43 bits per heavy atom. The summed E-state index contributed by atoms with van der Waals surface area (Å²) >= 11 is 0. The maximum Gasteiger partial charge on any atom is 0.331 e. The zero-order valence-electron chi connectivity index (χ0n) is 7.22. The van der Waals surface area contributed by atoms with Crippen LogP contribution in [0.5, 0.6) is 5.88 Å². The van der Waals surface area contributed by atoms with Crippen LogP contribution in [0.25, 0.3) is 11.0 Å². The smallest absolute Gasteiger partial charge is 0.331 e. The van der Waals surface area contributed by atoms with Crippen LogP contribution in [0.1, 0.15) is 0 Å². The minimum atomic E-state index is -0.543. The molecule has 0 bridgehead atoms. The van der Waals surface area contributed by atoms with Gasteiger partial charge in [-0.3, -0.25) is 15.2 Å². The summed E-state index contributed by atoms with van der Waals surface area (Å²) in [6.45, 7) is 0. The number of nitrogens with one attached hydrogen (secondary N) is 1. The third kappa shape index (κ3) is 1.15. The second-order valence-corrected chi connectivity index (χ2v) is 2.58. The van der Waals surface area contributed by atoms with Crippen molar-refractivity contribution in [2.45, 2.75) is 0 Å². The Balaban J connectivity index is 2.72. The number of nitro groups is 1. The van der Waals surface area contributed by atoms with Crippen LogP contribution in [0, 0.1) is 10.1 Å². The van der Waals surface area contributed by atoms with E-state index in [4.69, 9.17) is 4.74 Å². The lowest BCUT2D eigenvalue weighted by molar-refractivity contribution is -0.386. The monoisotopic (exact) mass is 194 g/mol. The molecule has 14 heavy (non-hydrogen) atoms. The zero-order chi connectivity index (χ0) is 10.1. The molecular formula is C7H6N4O3. The first-order valence-corrected chi connectivity index (χ1v) is 3.75. The van der Waals surface area contributed by atoms with E-state index in [-0.39, 0.29) is 11.6 Å². The van der Waals surface area contributed by atoms with Gasteiger partial charge in [0.15, 0.2) is 5.65 Å². The van der Waals surface area contributed by atoms with Crippen molar-refractivity contribution in [1.82, 2.24) is 15.2 Å². The van der Waals surface area contributed by atoms with Gasteiger partial charge in [0, 0.05) is 11.5 Å². The summed E-state index contributed by atoms with van der Waals surface area (Å²) in [5.41, 5.74) is 0.300. The molecule has 0 radical (unpaired) electrons. The average molecular weight is 194 g/mol. The molecule has 1 N–H and O–H groups in total. The fraction of sp³-hybridized carbons (Fsp3) is 0.143. The van der Waals surface area contributed by atoms with Crippen molar-refractivity contribution < 1.29 is 9.66 Å². The maximum atomic E-state index is 10.6. The van der Waals surface area contributed by atoms with Gasteiger partial charge >= 0.3 is 5.69 Å². The fourth-order valence-corrected chi connectivity index (χ4v) is 1.13. The number of nitrogens with zero attached hydrogens (tertiary/aromatic N) is 3. The summed E-state index contributed by atoms with van der Waals surface area (Å²) in [4.78, 5) is 14.0. The van der Waals surface area contributed by atoms with Crippen LogP contribution >= 0.6 is 0 Å². The lowest BCUT2D eigenvalue weighted by atomic mass is 10.3. The fourth-order valence-electron chi connectivity index (χ4n) is 1.13. The van der Waals surface area contributed by atoms with Gasteiger partial charge in [-0.25, -0.2) is 0 Å². The summed E-state index contributed by atoms with van der Waals surface area (Å²) in [5.74, 6) is -0.0215. The molecule has 2 rings (SSSR count). The van der Waals surface area contributed by atoms with Crippen molar-refractivity contribution in [1.29, 1.82) is 0 Å². The number of aromatic amines is 1. The summed E-state index contributed by atoms with van der Waals surface area (Å²) in [6.07, 6.45) is 1.47. The summed E-state index contributed by atoms with van der Waals surface area (Å²) in [6, 6.07) is 1.37. The lowest BCUT2D eigenvalue weighted by Crippen LogP contribution is -1.96. The minimum absolute atomic E-state index is 0.0215. The highest BCUT2D eigenvalue weighted by molar-refractivity contribution is 5.78. The number of methoxy groups -OCH3 is 1. The van der Waals surface area contributed by atoms with Crippen LogP contribution in [0.3, 0.4) is 0 Å². The van der Waals surface area contributed by atoms with Gasteiger partial charge in [0.25, 0.3) is 5.88 Å². The van der Waals surface area contributed by atoms with E-state index < -0.39 is 4.92 Å². The number of ether oxygens (including phenoxy) is 1. The van der Waals surface area contributed by atoms with E-state index in [1.54, 1.807) is 0 Å². The quantitative estimate of drug-likeness (QED) is 0.565. The highest BCUT2D eigenvalue weighted by Crippen LogP contribution is 2.27. The molecule has 0 aliphatic heterocycles. The predicted octanol–water partition coefficient (Wildman–Crippen LogP) is 0.875. The molecule has 0 unspecified atom stereocenters. The van der Waals surface area contributed by atoms with Gasteiger partial charge in [-0.05, 0) is 0 Å². The molecule has 0 saturated heterocycles. The van der Waals surface area contributed by atoms with Gasteiger partial charge in [-0.1, -0.05) is 0 Å². The number of hydrogen-bond donors (Lipinski definition) is 1. The van der Waals surface area contributed by atoms with Crippen LogP contribution in [0.2, 0.25) is 0 Å². The Labute approximate surface area is 77.9 Å². The third-order valence-electron chi connectivity index (χ3n) is 1.76. The van der Waals surface area contributed by atoms with Crippen LogP contribution in [-0.2, 0) is 0 Å². The van der Waals surface area contributed by atoms with E-state index >= 15 is 0 Å². The number of hydrogen-bond acceptors (Lipinski definition) is 5. The Morgan fingerprint density at radius 3 is 3.07 bits per heavy atom. The molecule has 0 aromatic carbocycles. The second kappa shape index (κ2) is 2.95. The molecule has 0 fully saturated rings. The summed E-state index contributed by atoms with van der Waals surface area (Å²) in [5, 5.41) is 17.5. The van der Waals surface area contributed by atoms with Gasteiger partial charge < -0.3 is 4.74 Å². The van der Waals surface area contributed by atoms with E-state index in [0.717, 1.165) is 0 Å². The molecule has 0 aliphatic rings. The summed E-state index contributed by atoms with van der Waals surface area (Å²) in [7, 11) is 1.33. The molecule has 2 aromatic heterocycles. The van der Waals surface area contributed by atoms with Gasteiger partial charge in [0.1, 0.15) is 0 Å². The number of fused-ring (bicyclic) bond motifs is 1. The molecule has 2 heterocycles. The van der Waals surface area contributed by atoms with Crippen molar-refractivity contribution in [3.8, 4) is 5.88 Å². The van der Waals surface area contributed by atoms with E-state index in [2.05, 4.69) is 15.2 Å². The highest BCUT2D eigenvalue weighted by atomic mass is 16.6. The highest BCUT2D eigenvalue weighted by Gasteiger charge is 2.18. The van der Waals surface area contributed by atoms with Gasteiger partial charge in [-0.15, -0.1) is 0 Å². The van der Waals surface area contributed by atoms with E-state index in [0.29, 0.717) is 11.0 Å². The van der Waals surface area contributed by atoms with Crippen LogP contribution < -0.4 is 4.74 Å². The minimum Gasteiger partial charge on any atom is -0.476 e. The van der Waals surface area contributed by atoms with Crippen LogP contribution in [0.15, 0.2) is 12.3 Å². The molecule has 0 atom stereocenters. The number of pyridine rings is 1. The number of aromatic nitrogens is 3. The first-order chi connectivity index (χ1) is 6.72. The van der Waals surface area contributed by atoms with Crippen LogP contribution in [-0.4, -0.2) is 27.2 Å². The maximum absolute atomic E-state index is 10.6. The van der Waals surface area contributed by atoms with Gasteiger partial charge in [0.2, 0.25) is 0 Å². The SMILES string of the molecule is COc1nc2[nH]ncc2cc1[N+](=O)[O-]. The third-order valence-corrected chi connectivity index (χ3v) is 1.76. The van der Waals surface area contributed by atoms with E-state index in [9.17, 15) is 10.1 Å². The molecular weight excluding hydrogens is 188 g/mol. The van der Waals surface area contributed by atoms with Crippen molar-refractivity contribution in [3.05, 3.63) is 22.4 Å². The standard InChI is InChI=1S/C7H6N4O3/c1-14-7-5(11(12)13)2-4-3-8-10-6(4)9-7/h2-3H,1H3,(H,8,9,10). The average Bonchev–Trinajstić information content (AvgIpc) is 2.62. The summed E-state index contributed by atoms with van der Waals surface area (Å²) < 4.78 is 4.78. The molecule has 7 heteroatoms. The van der Waals surface area contributed by atoms with Crippen molar-refractivity contribution in [2.24, 2.45) is 0 Å². The molecule has 0 spiro atoms. The van der Waals surface area contributed by atoms with Crippen molar-refractivity contribution in [3.63, 3.8) is 0 Å². The normalized spacial score (nSPS) is 10.4. The van der Waals surface area contributed by atoms with Crippen molar-refractivity contribution >= 4 is 16.7 Å². The number of H-pyrrole nitrogens is 1.